The van der Waals surface area contributed by atoms with Gasteiger partial charge in [0.05, 0.1) is 22.0 Å². The summed E-state index contributed by atoms with van der Waals surface area (Å²) in [5.41, 5.74) is 1.29. The van der Waals surface area contributed by atoms with Crippen molar-refractivity contribution in [1.29, 1.82) is 0 Å². The average Bonchev–Trinajstić information content (AvgIpc) is 2.83. The number of benzene rings is 2. The maximum absolute atomic E-state index is 13.4. The van der Waals surface area contributed by atoms with Crippen LogP contribution in [-0.2, 0) is 26.2 Å². The second-order valence-corrected chi connectivity index (χ2v) is 11.5. The molecule has 2 amide bonds. The number of anilines is 1. The molecule has 0 saturated carbocycles. The van der Waals surface area contributed by atoms with Crippen molar-refractivity contribution in [2.45, 2.75) is 65.1 Å². The zero-order valence-corrected chi connectivity index (χ0v) is 23.5. The molecular formula is C26H35Cl2N3O4S. The highest BCUT2D eigenvalue weighted by atomic mass is 35.5. The summed E-state index contributed by atoms with van der Waals surface area (Å²) in [4.78, 5) is 28.1. The van der Waals surface area contributed by atoms with E-state index in [4.69, 9.17) is 23.2 Å². The average molecular weight is 557 g/mol. The zero-order valence-electron chi connectivity index (χ0n) is 21.2. The Bertz CT molecular complexity index is 1130. The highest BCUT2D eigenvalue weighted by molar-refractivity contribution is 7.92. The highest BCUT2D eigenvalue weighted by Gasteiger charge is 2.29. The van der Waals surface area contributed by atoms with Gasteiger partial charge in [0.25, 0.3) is 0 Å². The smallest absolute Gasteiger partial charge is 0.243 e. The molecule has 36 heavy (non-hydrogen) atoms. The third kappa shape index (κ3) is 8.68. The predicted octanol–water partition coefficient (Wildman–Crippen LogP) is 5.26. The molecule has 198 valence electrons. The molecule has 1 N–H and O–H groups in total. The van der Waals surface area contributed by atoms with Crippen molar-refractivity contribution in [2.75, 3.05) is 17.1 Å². The van der Waals surface area contributed by atoms with Crippen molar-refractivity contribution < 1.29 is 18.0 Å². The SMILES string of the molecule is CCC(C)NC(=O)C(CC)N(Cc1ccc(Cl)c(Cl)c1)C(=O)CCCN(c1ccccc1)S(C)(=O)=O. The van der Waals surface area contributed by atoms with Crippen LogP contribution >= 0.6 is 23.2 Å². The van der Waals surface area contributed by atoms with Crippen LogP contribution < -0.4 is 9.62 Å². The predicted molar refractivity (Wildman–Crippen MR) is 147 cm³/mol. The number of amides is 2. The number of hydrogen-bond acceptors (Lipinski definition) is 4. The van der Waals surface area contributed by atoms with Gasteiger partial charge in [0.2, 0.25) is 21.8 Å². The first-order chi connectivity index (χ1) is 17.0. The minimum atomic E-state index is -3.53. The Morgan fingerprint density at radius 1 is 1.00 bits per heavy atom. The minimum absolute atomic E-state index is 0.0253. The quantitative estimate of drug-likeness (QED) is 0.365. The number of rotatable bonds is 13. The third-order valence-corrected chi connectivity index (χ3v) is 7.85. The van der Waals surface area contributed by atoms with E-state index in [-0.39, 0.29) is 37.4 Å². The summed E-state index contributed by atoms with van der Waals surface area (Å²) in [6, 6.07) is 13.2. The molecule has 0 aliphatic heterocycles. The lowest BCUT2D eigenvalue weighted by atomic mass is 10.1. The van der Waals surface area contributed by atoms with Crippen molar-refractivity contribution in [2.24, 2.45) is 0 Å². The third-order valence-electron chi connectivity index (χ3n) is 5.92. The zero-order chi connectivity index (χ0) is 26.9. The van der Waals surface area contributed by atoms with E-state index in [9.17, 15) is 18.0 Å². The number of hydrogen-bond donors (Lipinski definition) is 1. The Hall–Kier alpha value is -2.29. The van der Waals surface area contributed by atoms with Gasteiger partial charge in [0, 0.05) is 25.6 Å². The largest absolute Gasteiger partial charge is 0.352 e. The fourth-order valence-corrected chi connectivity index (χ4v) is 5.08. The monoisotopic (exact) mass is 555 g/mol. The maximum Gasteiger partial charge on any atom is 0.243 e. The number of sulfonamides is 1. The summed E-state index contributed by atoms with van der Waals surface area (Å²) >= 11 is 12.2. The van der Waals surface area contributed by atoms with E-state index in [0.717, 1.165) is 18.2 Å². The number of halogens is 2. The summed E-state index contributed by atoms with van der Waals surface area (Å²) < 4.78 is 26.0. The molecule has 0 spiro atoms. The summed E-state index contributed by atoms with van der Waals surface area (Å²) in [5, 5.41) is 3.74. The fraction of sp³-hybridized carbons (Fsp3) is 0.462. The summed E-state index contributed by atoms with van der Waals surface area (Å²) in [7, 11) is -3.53. The second-order valence-electron chi connectivity index (χ2n) is 8.79. The van der Waals surface area contributed by atoms with Crippen molar-refractivity contribution in [3.05, 3.63) is 64.1 Å². The van der Waals surface area contributed by atoms with Gasteiger partial charge >= 0.3 is 0 Å². The molecule has 0 saturated heterocycles. The molecule has 2 aromatic carbocycles. The number of nitrogens with one attached hydrogen (secondary N) is 1. The molecule has 0 aromatic heterocycles. The summed E-state index contributed by atoms with van der Waals surface area (Å²) in [6.45, 7) is 6.07. The topological polar surface area (TPSA) is 86.8 Å². The molecule has 10 heteroatoms. The van der Waals surface area contributed by atoms with Gasteiger partial charge in [0.1, 0.15) is 6.04 Å². The van der Waals surface area contributed by atoms with Crippen LogP contribution in [0.25, 0.3) is 0 Å². The molecule has 2 atom stereocenters. The first-order valence-corrected chi connectivity index (χ1v) is 14.6. The van der Waals surface area contributed by atoms with Gasteiger partial charge in [-0.1, -0.05) is 61.3 Å². The number of carbonyl (C=O) groups excluding carboxylic acids is 2. The summed E-state index contributed by atoms with van der Waals surface area (Å²) in [5.74, 6) is -0.462. The number of para-hydroxylation sites is 1. The van der Waals surface area contributed by atoms with Gasteiger partial charge in [-0.2, -0.15) is 0 Å². The Kier molecular flexibility index (Phi) is 11.5. The van der Waals surface area contributed by atoms with Crippen molar-refractivity contribution in [1.82, 2.24) is 10.2 Å². The first-order valence-electron chi connectivity index (χ1n) is 12.0. The van der Waals surface area contributed by atoms with Gasteiger partial charge in [-0.15, -0.1) is 0 Å². The Balaban J connectivity index is 2.24. The lowest BCUT2D eigenvalue weighted by molar-refractivity contribution is -0.141. The molecule has 2 aromatic rings. The van der Waals surface area contributed by atoms with Crippen molar-refractivity contribution >= 4 is 50.7 Å². The van der Waals surface area contributed by atoms with Gasteiger partial charge in [-0.25, -0.2) is 8.42 Å². The Labute approximate surface area is 224 Å². The van der Waals surface area contributed by atoms with Crippen LogP contribution in [0.5, 0.6) is 0 Å². The first kappa shape index (κ1) is 29.9. The lowest BCUT2D eigenvalue weighted by Crippen LogP contribution is -2.50. The Morgan fingerprint density at radius 3 is 2.22 bits per heavy atom. The molecule has 2 rings (SSSR count). The molecule has 0 fully saturated rings. The molecule has 0 aliphatic rings. The van der Waals surface area contributed by atoms with E-state index >= 15 is 0 Å². The van der Waals surface area contributed by atoms with Gasteiger partial charge in [-0.05, 0) is 56.0 Å². The van der Waals surface area contributed by atoms with Crippen LogP contribution in [0.2, 0.25) is 10.0 Å². The van der Waals surface area contributed by atoms with E-state index < -0.39 is 16.1 Å². The van der Waals surface area contributed by atoms with Gasteiger partial charge in [0.15, 0.2) is 0 Å². The van der Waals surface area contributed by atoms with E-state index in [1.54, 1.807) is 47.4 Å². The number of nitrogens with zero attached hydrogens (tertiary/aromatic N) is 2. The molecule has 0 radical (unpaired) electrons. The standard InChI is InChI=1S/C26H35Cl2N3O4S/c1-5-19(3)29-26(33)24(6-2)30(18-20-14-15-22(27)23(28)17-20)25(32)13-10-16-31(36(4,34)35)21-11-8-7-9-12-21/h7-9,11-12,14-15,17,19,24H,5-6,10,13,16,18H2,1-4H3,(H,29,33). The number of carbonyl (C=O) groups is 2. The summed E-state index contributed by atoms with van der Waals surface area (Å²) in [6.07, 6.45) is 2.71. The van der Waals surface area contributed by atoms with Crippen molar-refractivity contribution in [3.63, 3.8) is 0 Å². The van der Waals surface area contributed by atoms with Gasteiger partial charge in [-0.3, -0.25) is 13.9 Å². The van der Waals surface area contributed by atoms with Gasteiger partial charge < -0.3 is 10.2 Å². The van der Waals surface area contributed by atoms with E-state index in [1.807, 2.05) is 26.8 Å². The molecule has 0 bridgehead atoms. The minimum Gasteiger partial charge on any atom is -0.352 e. The highest BCUT2D eigenvalue weighted by Crippen LogP contribution is 2.25. The van der Waals surface area contributed by atoms with E-state index in [2.05, 4.69) is 5.32 Å². The molecule has 2 unspecified atom stereocenters. The van der Waals surface area contributed by atoms with Crippen LogP contribution in [0.15, 0.2) is 48.5 Å². The van der Waals surface area contributed by atoms with Crippen LogP contribution in [0.3, 0.4) is 0 Å². The lowest BCUT2D eigenvalue weighted by Gasteiger charge is -2.32. The normalized spacial score (nSPS) is 13.1. The molecule has 0 heterocycles. The van der Waals surface area contributed by atoms with E-state index in [1.165, 1.54) is 4.31 Å². The molecule has 0 aliphatic carbocycles. The van der Waals surface area contributed by atoms with Crippen LogP contribution in [0, 0.1) is 0 Å². The van der Waals surface area contributed by atoms with E-state index in [0.29, 0.717) is 28.6 Å². The van der Waals surface area contributed by atoms with Crippen LogP contribution in [-0.4, -0.2) is 50.0 Å². The van der Waals surface area contributed by atoms with Crippen molar-refractivity contribution in [3.8, 4) is 0 Å². The van der Waals surface area contributed by atoms with Crippen LogP contribution in [0.1, 0.15) is 52.0 Å². The fourth-order valence-electron chi connectivity index (χ4n) is 3.79. The Morgan fingerprint density at radius 2 is 1.67 bits per heavy atom. The van der Waals surface area contributed by atoms with Crippen LogP contribution in [0.4, 0.5) is 5.69 Å². The maximum atomic E-state index is 13.4. The molecular weight excluding hydrogens is 521 g/mol. The molecule has 7 nitrogen and oxygen atoms in total. The second kappa shape index (κ2) is 13.9.